The van der Waals surface area contributed by atoms with Crippen LogP contribution in [-0.4, -0.2) is 16.9 Å². The third-order valence-corrected chi connectivity index (χ3v) is 3.89. The first-order valence-corrected chi connectivity index (χ1v) is 9.36. The molecule has 0 amide bonds. The quantitative estimate of drug-likeness (QED) is 0.184. The first kappa shape index (κ1) is 20.7. The Morgan fingerprint density at radius 3 is 2.50 bits per heavy atom. The van der Waals surface area contributed by atoms with Gasteiger partial charge in [0.15, 0.2) is 0 Å². The Kier molecular flexibility index (Phi) is 6.85. The van der Waals surface area contributed by atoms with E-state index in [1.165, 1.54) is 12.1 Å². The van der Waals surface area contributed by atoms with Crippen LogP contribution in [-0.2, 0) is 0 Å². The summed E-state index contributed by atoms with van der Waals surface area (Å²) in [5, 5.41) is 19.1. The average molecular weight is 400 g/mol. The third kappa shape index (κ3) is 5.97. The van der Waals surface area contributed by atoms with Gasteiger partial charge >= 0.3 is 0 Å². The van der Waals surface area contributed by atoms with Crippen molar-refractivity contribution in [1.29, 1.82) is 5.41 Å². The summed E-state index contributed by atoms with van der Waals surface area (Å²) in [5.41, 5.74) is 6.13. The lowest BCUT2D eigenvalue weighted by molar-refractivity contribution is 0.627. The zero-order valence-corrected chi connectivity index (χ0v) is 16.6. The fraction of sp³-hybridized carbons (Fsp3) is 0.130. The Morgan fingerprint density at radius 1 is 1.03 bits per heavy atom. The highest BCUT2D eigenvalue weighted by molar-refractivity contribution is 5.94. The Bertz CT molecular complexity index is 1090. The van der Waals surface area contributed by atoms with Gasteiger partial charge in [-0.2, -0.15) is 0 Å². The molecule has 0 atom stereocenters. The highest BCUT2D eigenvalue weighted by atomic mass is 19.1. The average Bonchev–Trinajstić information content (AvgIpc) is 2.74. The van der Waals surface area contributed by atoms with E-state index in [1.54, 1.807) is 30.5 Å². The van der Waals surface area contributed by atoms with Gasteiger partial charge in [0.25, 0.3) is 0 Å². The SMILES string of the molecule is CC(C)NC(=N)c1ccc(/N=N/Nc2ccccc2C#Cc2ccc(F)cc2)cn1. The molecule has 2 aromatic carbocycles. The molecular weight excluding hydrogens is 379 g/mol. The first-order valence-electron chi connectivity index (χ1n) is 9.36. The first-order chi connectivity index (χ1) is 14.5. The van der Waals surface area contributed by atoms with Crippen LogP contribution < -0.4 is 10.7 Å². The van der Waals surface area contributed by atoms with E-state index in [0.717, 1.165) is 11.1 Å². The summed E-state index contributed by atoms with van der Waals surface area (Å²) in [4.78, 5) is 4.23. The molecular formula is C23H21FN6. The molecule has 7 heteroatoms. The van der Waals surface area contributed by atoms with Crippen LogP contribution in [0.25, 0.3) is 0 Å². The normalized spacial score (nSPS) is 10.5. The molecule has 0 aliphatic rings. The third-order valence-electron chi connectivity index (χ3n) is 3.89. The lowest BCUT2D eigenvalue weighted by Gasteiger charge is -2.10. The number of benzene rings is 2. The maximum Gasteiger partial charge on any atom is 0.144 e. The number of pyridine rings is 1. The summed E-state index contributed by atoms with van der Waals surface area (Å²) in [6.45, 7) is 3.93. The van der Waals surface area contributed by atoms with Crippen LogP contribution in [0.4, 0.5) is 15.8 Å². The summed E-state index contributed by atoms with van der Waals surface area (Å²) in [6, 6.07) is 17.1. The van der Waals surface area contributed by atoms with Crippen LogP contribution in [0.2, 0.25) is 0 Å². The molecule has 0 aliphatic carbocycles. The maximum absolute atomic E-state index is 13.0. The number of anilines is 1. The molecule has 30 heavy (non-hydrogen) atoms. The van der Waals surface area contributed by atoms with Crippen LogP contribution in [0.3, 0.4) is 0 Å². The largest absolute Gasteiger partial charge is 0.367 e. The zero-order chi connectivity index (χ0) is 21.3. The van der Waals surface area contributed by atoms with Gasteiger partial charge in [0.05, 0.1) is 11.9 Å². The van der Waals surface area contributed by atoms with Gasteiger partial charge in [-0.3, -0.25) is 15.8 Å². The van der Waals surface area contributed by atoms with Crippen molar-refractivity contribution < 1.29 is 4.39 Å². The predicted octanol–water partition coefficient (Wildman–Crippen LogP) is 5.05. The Morgan fingerprint density at radius 2 is 1.80 bits per heavy atom. The highest BCUT2D eigenvalue weighted by Gasteiger charge is 2.04. The number of amidine groups is 1. The molecule has 0 saturated carbocycles. The topological polar surface area (TPSA) is 85.5 Å². The van der Waals surface area contributed by atoms with Crippen molar-refractivity contribution in [1.82, 2.24) is 10.3 Å². The molecule has 0 spiro atoms. The van der Waals surface area contributed by atoms with E-state index in [0.29, 0.717) is 17.1 Å². The molecule has 1 heterocycles. The summed E-state index contributed by atoms with van der Waals surface area (Å²) in [5.74, 6) is 6.03. The van der Waals surface area contributed by atoms with E-state index in [4.69, 9.17) is 5.41 Å². The lowest BCUT2D eigenvalue weighted by atomic mass is 10.1. The fourth-order valence-electron chi connectivity index (χ4n) is 2.45. The van der Waals surface area contributed by atoms with Crippen LogP contribution in [0.15, 0.2) is 77.2 Å². The summed E-state index contributed by atoms with van der Waals surface area (Å²) >= 11 is 0. The molecule has 0 fully saturated rings. The number of nitrogens with one attached hydrogen (secondary N) is 3. The molecule has 0 radical (unpaired) electrons. The summed E-state index contributed by atoms with van der Waals surface area (Å²) in [7, 11) is 0. The smallest absolute Gasteiger partial charge is 0.144 e. The van der Waals surface area contributed by atoms with Gasteiger partial charge in [-0.1, -0.05) is 29.2 Å². The molecule has 0 bridgehead atoms. The van der Waals surface area contributed by atoms with Crippen LogP contribution in [0.1, 0.15) is 30.7 Å². The van der Waals surface area contributed by atoms with E-state index >= 15 is 0 Å². The molecule has 3 rings (SSSR count). The van der Waals surface area contributed by atoms with Crippen molar-refractivity contribution in [3.8, 4) is 11.8 Å². The molecule has 0 aliphatic heterocycles. The Labute approximate surface area is 174 Å². The number of para-hydroxylation sites is 1. The van der Waals surface area contributed by atoms with Crippen molar-refractivity contribution in [3.05, 3.63) is 89.5 Å². The molecule has 6 nitrogen and oxygen atoms in total. The van der Waals surface area contributed by atoms with Crippen LogP contribution in [0.5, 0.6) is 0 Å². The molecule has 0 unspecified atom stereocenters. The monoisotopic (exact) mass is 400 g/mol. The van der Waals surface area contributed by atoms with E-state index < -0.39 is 0 Å². The number of rotatable bonds is 5. The Hall–Kier alpha value is -4.05. The number of aromatic nitrogens is 1. The van der Waals surface area contributed by atoms with Gasteiger partial charge in [-0.25, -0.2) is 4.39 Å². The second kappa shape index (κ2) is 9.94. The van der Waals surface area contributed by atoms with E-state index in [1.807, 2.05) is 38.1 Å². The molecule has 3 aromatic rings. The molecule has 0 saturated heterocycles. The van der Waals surface area contributed by atoms with E-state index in [9.17, 15) is 4.39 Å². The molecule has 3 N–H and O–H groups in total. The van der Waals surface area contributed by atoms with Crippen LogP contribution >= 0.6 is 0 Å². The number of nitrogens with zero attached hydrogens (tertiary/aromatic N) is 3. The zero-order valence-electron chi connectivity index (χ0n) is 16.6. The Balaban J connectivity index is 1.67. The van der Waals surface area contributed by atoms with E-state index in [2.05, 4.69) is 37.9 Å². The summed E-state index contributed by atoms with van der Waals surface area (Å²) < 4.78 is 13.0. The minimum Gasteiger partial charge on any atom is -0.367 e. The van der Waals surface area contributed by atoms with Crippen LogP contribution in [0, 0.1) is 23.1 Å². The minimum atomic E-state index is -0.293. The fourth-order valence-corrected chi connectivity index (χ4v) is 2.45. The predicted molar refractivity (Wildman–Crippen MR) is 116 cm³/mol. The minimum absolute atomic E-state index is 0.161. The lowest BCUT2D eigenvalue weighted by Crippen LogP contribution is -2.30. The number of hydrogen-bond donors (Lipinski definition) is 3. The van der Waals surface area contributed by atoms with Gasteiger partial charge in [0.1, 0.15) is 23.0 Å². The van der Waals surface area contributed by atoms with Gasteiger partial charge in [-0.05, 0) is 62.4 Å². The standard InChI is InChI=1S/C23H21FN6/c1-16(2)27-23(25)22-14-13-20(15-26-22)28-30-29-21-6-4-3-5-18(21)10-7-17-8-11-19(24)12-9-17/h3-6,8-9,11-16H,1-2H3,(H2,25,27)(H,28,29). The second-order valence-electron chi connectivity index (χ2n) is 6.69. The van der Waals surface area contributed by atoms with Crippen molar-refractivity contribution in [2.75, 3.05) is 5.43 Å². The van der Waals surface area contributed by atoms with Crippen molar-refractivity contribution in [2.24, 2.45) is 10.3 Å². The van der Waals surface area contributed by atoms with Crippen molar-refractivity contribution >= 4 is 17.2 Å². The second-order valence-corrected chi connectivity index (χ2v) is 6.69. The van der Waals surface area contributed by atoms with Gasteiger partial charge in [0, 0.05) is 17.2 Å². The molecule has 1 aromatic heterocycles. The highest BCUT2D eigenvalue weighted by Crippen LogP contribution is 2.16. The number of halogens is 1. The van der Waals surface area contributed by atoms with Crippen molar-refractivity contribution in [2.45, 2.75) is 19.9 Å². The van der Waals surface area contributed by atoms with Gasteiger partial charge in [-0.15, -0.1) is 5.11 Å². The van der Waals surface area contributed by atoms with E-state index in [-0.39, 0.29) is 17.7 Å². The van der Waals surface area contributed by atoms with Crippen molar-refractivity contribution in [3.63, 3.8) is 0 Å². The summed E-state index contributed by atoms with van der Waals surface area (Å²) in [6.07, 6.45) is 1.55. The van der Waals surface area contributed by atoms with Gasteiger partial charge < -0.3 is 5.32 Å². The van der Waals surface area contributed by atoms with Gasteiger partial charge in [0.2, 0.25) is 0 Å². The number of hydrogen-bond acceptors (Lipinski definition) is 4. The molecule has 150 valence electrons. The maximum atomic E-state index is 13.0.